The van der Waals surface area contributed by atoms with Gasteiger partial charge < -0.3 is 11.5 Å². The smallest absolute Gasteiger partial charge is 0.0192 e. The van der Waals surface area contributed by atoms with Crippen LogP contribution in [0.25, 0.3) is 0 Å². The molecule has 0 bridgehead atoms. The highest BCUT2D eigenvalue weighted by Crippen LogP contribution is 2.10. The van der Waals surface area contributed by atoms with Gasteiger partial charge in [0, 0.05) is 12.6 Å². The van der Waals surface area contributed by atoms with E-state index in [1.807, 2.05) is 0 Å². The van der Waals surface area contributed by atoms with Gasteiger partial charge in [-0.05, 0) is 19.3 Å². The molecule has 2 nitrogen and oxygen atoms in total. The summed E-state index contributed by atoms with van der Waals surface area (Å²) in [7, 11) is 0. The topological polar surface area (TPSA) is 52.0 Å². The minimum atomic E-state index is 0.432. The summed E-state index contributed by atoms with van der Waals surface area (Å²) in [6.45, 7) is 3.92. The summed E-state index contributed by atoms with van der Waals surface area (Å²) in [6.07, 6.45) is 11.3. The van der Waals surface area contributed by atoms with Crippen molar-refractivity contribution in [3.63, 3.8) is 0 Å². The number of rotatable bonds is 10. The fourth-order valence-corrected chi connectivity index (χ4v) is 1.58. The van der Waals surface area contributed by atoms with Crippen molar-refractivity contribution >= 4 is 0 Å². The summed E-state index contributed by atoms with van der Waals surface area (Å²) in [5.41, 5.74) is 11.1. The lowest BCUT2D eigenvalue weighted by Gasteiger charge is -2.07. The summed E-state index contributed by atoms with van der Waals surface area (Å²) < 4.78 is 0. The van der Waals surface area contributed by atoms with Crippen LogP contribution >= 0.6 is 0 Å². The molecule has 0 aromatic rings. The standard InChI is InChI=1S/C12H27N2/c1-2-12(14)10-8-6-4-3-5-7-9-11-13/h11-12H,2-10,13-14H2,1H3. The summed E-state index contributed by atoms with van der Waals surface area (Å²) in [5.74, 6) is 0. The molecule has 2 heteroatoms. The summed E-state index contributed by atoms with van der Waals surface area (Å²) >= 11 is 0. The minimum Gasteiger partial charge on any atom is -0.328 e. The molecule has 0 amide bonds. The van der Waals surface area contributed by atoms with E-state index >= 15 is 0 Å². The van der Waals surface area contributed by atoms with Crippen molar-refractivity contribution in [2.24, 2.45) is 11.5 Å². The van der Waals surface area contributed by atoms with E-state index in [0.29, 0.717) is 6.04 Å². The first kappa shape index (κ1) is 13.9. The minimum absolute atomic E-state index is 0.432. The van der Waals surface area contributed by atoms with E-state index in [1.54, 1.807) is 6.54 Å². The molecule has 1 radical (unpaired) electrons. The fraction of sp³-hybridized carbons (Fsp3) is 0.917. The van der Waals surface area contributed by atoms with Gasteiger partial charge in [-0.15, -0.1) is 0 Å². The molecule has 0 aliphatic carbocycles. The maximum Gasteiger partial charge on any atom is 0.0192 e. The van der Waals surface area contributed by atoms with Crippen molar-refractivity contribution in [1.82, 2.24) is 0 Å². The predicted molar refractivity (Wildman–Crippen MR) is 63.7 cm³/mol. The Labute approximate surface area is 89.4 Å². The normalized spacial score (nSPS) is 13.1. The van der Waals surface area contributed by atoms with Crippen LogP contribution in [0.3, 0.4) is 0 Å². The van der Waals surface area contributed by atoms with Crippen molar-refractivity contribution in [3.8, 4) is 0 Å². The van der Waals surface area contributed by atoms with Gasteiger partial charge in [-0.2, -0.15) is 0 Å². The quantitative estimate of drug-likeness (QED) is 0.531. The zero-order valence-corrected chi connectivity index (χ0v) is 9.67. The van der Waals surface area contributed by atoms with E-state index in [-0.39, 0.29) is 0 Å². The Morgan fingerprint density at radius 3 is 2.14 bits per heavy atom. The van der Waals surface area contributed by atoms with Crippen LogP contribution in [0.4, 0.5) is 0 Å². The van der Waals surface area contributed by atoms with Crippen molar-refractivity contribution in [1.29, 1.82) is 0 Å². The van der Waals surface area contributed by atoms with E-state index in [1.165, 1.54) is 44.9 Å². The van der Waals surface area contributed by atoms with Gasteiger partial charge in [-0.25, -0.2) is 0 Å². The molecule has 4 N–H and O–H groups in total. The second-order valence-electron chi connectivity index (χ2n) is 4.10. The molecular formula is C12H27N2. The Kier molecular flexibility index (Phi) is 10.9. The average Bonchev–Trinajstić information content (AvgIpc) is 2.21. The SMILES string of the molecule is CCC(N)CCCCCCCC[CH]N. The van der Waals surface area contributed by atoms with Crippen LogP contribution in [0, 0.1) is 6.54 Å². The second-order valence-corrected chi connectivity index (χ2v) is 4.10. The molecule has 0 rings (SSSR count). The van der Waals surface area contributed by atoms with Gasteiger partial charge >= 0.3 is 0 Å². The first-order chi connectivity index (χ1) is 6.81. The Bertz CT molecular complexity index is 104. The Hall–Kier alpha value is -0.0800. The maximum atomic E-state index is 5.84. The Morgan fingerprint density at radius 2 is 1.57 bits per heavy atom. The van der Waals surface area contributed by atoms with Crippen LogP contribution in [0.15, 0.2) is 0 Å². The third kappa shape index (κ3) is 10.0. The number of unbranched alkanes of at least 4 members (excludes halogenated alkanes) is 6. The lowest BCUT2D eigenvalue weighted by molar-refractivity contribution is 0.522. The monoisotopic (exact) mass is 199 g/mol. The Balaban J connectivity index is 2.92. The zero-order valence-electron chi connectivity index (χ0n) is 9.67. The largest absolute Gasteiger partial charge is 0.328 e. The summed E-state index contributed by atoms with van der Waals surface area (Å²) in [5, 5.41) is 0. The van der Waals surface area contributed by atoms with Crippen LogP contribution in [-0.2, 0) is 0 Å². The number of hydrogen-bond acceptors (Lipinski definition) is 2. The van der Waals surface area contributed by atoms with E-state index in [0.717, 1.165) is 12.8 Å². The highest BCUT2D eigenvalue weighted by molar-refractivity contribution is 4.58. The van der Waals surface area contributed by atoms with Crippen LogP contribution in [0.5, 0.6) is 0 Å². The van der Waals surface area contributed by atoms with Gasteiger partial charge in [-0.3, -0.25) is 0 Å². The van der Waals surface area contributed by atoms with Gasteiger partial charge in [-0.1, -0.05) is 45.4 Å². The lowest BCUT2D eigenvalue weighted by Crippen LogP contribution is -2.17. The number of hydrogen-bond donors (Lipinski definition) is 2. The summed E-state index contributed by atoms with van der Waals surface area (Å²) in [4.78, 5) is 0. The van der Waals surface area contributed by atoms with E-state index in [2.05, 4.69) is 6.92 Å². The fourth-order valence-electron chi connectivity index (χ4n) is 1.58. The van der Waals surface area contributed by atoms with Gasteiger partial charge in [0.15, 0.2) is 0 Å². The Morgan fingerprint density at radius 1 is 1.00 bits per heavy atom. The third-order valence-corrected chi connectivity index (χ3v) is 2.72. The van der Waals surface area contributed by atoms with Crippen LogP contribution in [-0.4, -0.2) is 6.04 Å². The molecular weight excluding hydrogens is 172 g/mol. The van der Waals surface area contributed by atoms with E-state index in [4.69, 9.17) is 11.5 Å². The summed E-state index contributed by atoms with van der Waals surface area (Å²) in [6, 6.07) is 0.432. The molecule has 0 aliphatic rings. The zero-order chi connectivity index (χ0) is 10.6. The van der Waals surface area contributed by atoms with Crippen molar-refractivity contribution in [3.05, 3.63) is 6.54 Å². The van der Waals surface area contributed by atoms with Gasteiger partial charge in [0.2, 0.25) is 0 Å². The molecule has 0 aromatic heterocycles. The second kappa shape index (κ2) is 11.0. The first-order valence-electron chi connectivity index (χ1n) is 6.10. The van der Waals surface area contributed by atoms with Crippen molar-refractivity contribution in [2.45, 2.75) is 70.8 Å². The highest BCUT2D eigenvalue weighted by atomic mass is 14.6. The first-order valence-corrected chi connectivity index (χ1v) is 6.10. The third-order valence-electron chi connectivity index (χ3n) is 2.72. The molecule has 1 atom stereocenters. The van der Waals surface area contributed by atoms with Gasteiger partial charge in [0.1, 0.15) is 0 Å². The van der Waals surface area contributed by atoms with Gasteiger partial charge in [0.05, 0.1) is 0 Å². The van der Waals surface area contributed by atoms with Crippen LogP contribution in [0.2, 0.25) is 0 Å². The predicted octanol–water partition coefficient (Wildman–Crippen LogP) is 2.96. The molecule has 1 unspecified atom stereocenters. The van der Waals surface area contributed by atoms with Crippen LogP contribution < -0.4 is 11.5 Å². The van der Waals surface area contributed by atoms with Gasteiger partial charge in [0.25, 0.3) is 0 Å². The molecule has 0 fully saturated rings. The molecule has 0 saturated heterocycles. The highest BCUT2D eigenvalue weighted by Gasteiger charge is 1.97. The molecule has 0 spiro atoms. The molecule has 85 valence electrons. The van der Waals surface area contributed by atoms with E-state index < -0.39 is 0 Å². The molecule has 0 aromatic carbocycles. The lowest BCUT2D eigenvalue weighted by atomic mass is 10.0. The van der Waals surface area contributed by atoms with Crippen molar-refractivity contribution in [2.75, 3.05) is 0 Å². The number of nitrogens with two attached hydrogens (primary N) is 2. The van der Waals surface area contributed by atoms with Crippen LogP contribution in [0.1, 0.15) is 64.7 Å². The maximum absolute atomic E-state index is 5.84. The van der Waals surface area contributed by atoms with Crippen molar-refractivity contribution < 1.29 is 0 Å². The van der Waals surface area contributed by atoms with E-state index in [9.17, 15) is 0 Å². The molecule has 0 heterocycles. The molecule has 14 heavy (non-hydrogen) atoms. The average molecular weight is 199 g/mol. The molecule has 0 aliphatic heterocycles. The molecule has 0 saturated carbocycles.